The van der Waals surface area contributed by atoms with Crippen LogP contribution in [0.25, 0.3) is 0 Å². The summed E-state index contributed by atoms with van der Waals surface area (Å²) >= 11 is 0. The van der Waals surface area contributed by atoms with Gasteiger partial charge in [0.2, 0.25) is 0 Å². The average Bonchev–Trinajstić information content (AvgIpc) is 2.72. The molecule has 5 nitrogen and oxygen atoms in total. The van der Waals surface area contributed by atoms with Crippen molar-refractivity contribution in [1.82, 2.24) is 0 Å². The van der Waals surface area contributed by atoms with Crippen molar-refractivity contribution in [3.8, 4) is 0 Å². The standard InChI is InChI=1S/C25H52O5S/c1-3-24(2)20-16-12-8-4-5-9-13-17-21-25(30-31(27,28)29)22-18-14-10-6-7-11-15-19-23-26/h24-26H,3-23H2,1-2H3,(H,27,28,29). The van der Waals surface area contributed by atoms with Crippen molar-refractivity contribution in [2.45, 2.75) is 148 Å². The summed E-state index contributed by atoms with van der Waals surface area (Å²) in [7, 11) is -4.37. The van der Waals surface area contributed by atoms with Crippen molar-refractivity contribution in [3.63, 3.8) is 0 Å². The van der Waals surface area contributed by atoms with Gasteiger partial charge >= 0.3 is 10.4 Å². The predicted molar refractivity (Wildman–Crippen MR) is 131 cm³/mol. The molecule has 0 aliphatic rings. The summed E-state index contributed by atoms with van der Waals surface area (Å²) < 4.78 is 36.3. The van der Waals surface area contributed by atoms with E-state index >= 15 is 0 Å². The molecule has 0 fully saturated rings. The molecule has 2 atom stereocenters. The van der Waals surface area contributed by atoms with Gasteiger partial charge in [0, 0.05) is 6.61 Å². The Kier molecular flexibility index (Phi) is 21.5. The Morgan fingerprint density at radius 1 is 0.645 bits per heavy atom. The highest BCUT2D eigenvalue weighted by molar-refractivity contribution is 7.80. The molecule has 0 saturated heterocycles. The molecule has 0 rings (SSSR count). The lowest BCUT2D eigenvalue weighted by atomic mass is 9.99. The summed E-state index contributed by atoms with van der Waals surface area (Å²) in [4.78, 5) is 0. The van der Waals surface area contributed by atoms with E-state index in [-0.39, 0.29) is 12.7 Å². The lowest BCUT2D eigenvalue weighted by Gasteiger charge is -2.15. The monoisotopic (exact) mass is 464 g/mol. The summed E-state index contributed by atoms with van der Waals surface area (Å²) in [5.74, 6) is 0.861. The second-order valence-electron chi connectivity index (χ2n) is 9.41. The van der Waals surface area contributed by atoms with Gasteiger partial charge in [-0.15, -0.1) is 0 Å². The van der Waals surface area contributed by atoms with Crippen LogP contribution in [0.3, 0.4) is 0 Å². The van der Waals surface area contributed by atoms with Crippen LogP contribution in [0.1, 0.15) is 142 Å². The summed E-state index contributed by atoms with van der Waals surface area (Å²) in [6, 6.07) is 0. The minimum Gasteiger partial charge on any atom is -0.396 e. The molecule has 0 spiro atoms. The van der Waals surface area contributed by atoms with Gasteiger partial charge in [-0.2, -0.15) is 8.42 Å². The van der Waals surface area contributed by atoms with E-state index in [0.29, 0.717) is 12.8 Å². The number of unbranched alkanes of at least 4 members (excludes halogenated alkanes) is 14. The average molecular weight is 465 g/mol. The first-order chi connectivity index (χ1) is 14.9. The van der Waals surface area contributed by atoms with E-state index in [0.717, 1.165) is 50.9 Å². The molecule has 2 unspecified atom stereocenters. The zero-order valence-electron chi connectivity index (χ0n) is 20.5. The third-order valence-corrected chi connectivity index (χ3v) is 6.88. The lowest BCUT2D eigenvalue weighted by Crippen LogP contribution is -2.18. The molecule has 0 aromatic rings. The first-order valence-corrected chi connectivity index (χ1v) is 14.5. The maximum absolute atomic E-state index is 11.1. The van der Waals surface area contributed by atoms with Crippen molar-refractivity contribution in [3.05, 3.63) is 0 Å². The third-order valence-electron chi connectivity index (χ3n) is 6.36. The zero-order valence-corrected chi connectivity index (χ0v) is 21.3. The first-order valence-electron chi connectivity index (χ1n) is 13.2. The normalized spacial score (nSPS) is 14.1. The van der Waals surface area contributed by atoms with E-state index in [4.69, 9.17) is 13.8 Å². The lowest BCUT2D eigenvalue weighted by molar-refractivity contribution is 0.157. The molecule has 0 radical (unpaired) electrons. The highest BCUT2D eigenvalue weighted by Gasteiger charge is 2.16. The van der Waals surface area contributed by atoms with Crippen LogP contribution in [0, 0.1) is 5.92 Å². The fourth-order valence-corrected chi connectivity index (χ4v) is 4.62. The second kappa shape index (κ2) is 21.7. The molecule has 188 valence electrons. The molecule has 0 amide bonds. The van der Waals surface area contributed by atoms with Crippen molar-refractivity contribution >= 4 is 10.4 Å². The smallest absolute Gasteiger partial charge is 0.396 e. The van der Waals surface area contributed by atoms with E-state index in [1.165, 1.54) is 70.6 Å². The van der Waals surface area contributed by atoms with Gasteiger partial charge < -0.3 is 5.11 Å². The molecule has 0 saturated carbocycles. The topological polar surface area (TPSA) is 83.8 Å². The van der Waals surface area contributed by atoms with Crippen LogP contribution in [0.5, 0.6) is 0 Å². The molecule has 31 heavy (non-hydrogen) atoms. The predicted octanol–water partition coefficient (Wildman–Crippen LogP) is 7.62. The minimum absolute atomic E-state index is 0.285. The Bertz CT molecular complexity index is 467. The van der Waals surface area contributed by atoms with Gasteiger partial charge in [-0.3, -0.25) is 4.55 Å². The quantitative estimate of drug-likeness (QED) is 0.113. The van der Waals surface area contributed by atoms with Crippen molar-refractivity contribution in [1.29, 1.82) is 0 Å². The van der Waals surface area contributed by atoms with Crippen LogP contribution in [0.2, 0.25) is 0 Å². The largest absolute Gasteiger partial charge is 0.397 e. The van der Waals surface area contributed by atoms with Crippen LogP contribution in [-0.2, 0) is 14.6 Å². The summed E-state index contributed by atoms with van der Waals surface area (Å²) in [6.45, 7) is 4.88. The van der Waals surface area contributed by atoms with Gasteiger partial charge in [0.05, 0.1) is 6.10 Å². The van der Waals surface area contributed by atoms with Gasteiger partial charge in [0.1, 0.15) is 0 Å². The van der Waals surface area contributed by atoms with Gasteiger partial charge in [-0.05, 0) is 25.2 Å². The fraction of sp³-hybridized carbons (Fsp3) is 1.00. The van der Waals surface area contributed by atoms with Gasteiger partial charge in [-0.1, -0.05) is 123 Å². The van der Waals surface area contributed by atoms with Crippen LogP contribution in [0.15, 0.2) is 0 Å². The third kappa shape index (κ3) is 24.3. The molecule has 0 aromatic heterocycles. The minimum atomic E-state index is -4.37. The Balaban J connectivity index is 3.73. The Morgan fingerprint density at radius 3 is 1.35 bits per heavy atom. The van der Waals surface area contributed by atoms with Crippen molar-refractivity contribution < 1.29 is 22.3 Å². The van der Waals surface area contributed by atoms with Crippen LogP contribution in [-0.4, -0.2) is 30.8 Å². The summed E-state index contributed by atoms with van der Waals surface area (Å²) in [6.07, 6.45) is 22.2. The first kappa shape index (κ1) is 30.8. The van der Waals surface area contributed by atoms with E-state index in [1.807, 2.05) is 0 Å². The molecule has 6 heteroatoms. The number of hydrogen-bond acceptors (Lipinski definition) is 4. The second-order valence-corrected chi connectivity index (χ2v) is 10.5. The van der Waals surface area contributed by atoms with E-state index < -0.39 is 10.4 Å². The number of aliphatic hydroxyl groups excluding tert-OH is 1. The molecule has 0 heterocycles. The molecule has 0 aliphatic heterocycles. The van der Waals surface area contributed by atoms with Gasteiger partial charge in [0.15, 0.2) is 0 Å². The maximum Gasteiger partial charge on any atom is 0.397 e. The zero-order chi connectivity index (χ0) is 23.2. The molecule has 2 N–H and O–H groups in total. The maximum atomic E-state index is 11.1. The highest BCUT2D eigenvalue weighted by atomic mass is 32.3. The Labute approximate surface area is 193 Å². The Morgan fingerprint density at radius 2 is 1.00 bits per heavy atom. The van der Waals surface area contributed by atoms with Crippen molar-refractivity contribution in [2.24, 2.45) is 5.92 Å². The van der Waals surface area contributed by atoms with Crippen molar-refractivity contribution in [2.75, 3.05) is 6.61 Å². The molecule has 0 bridgehead atoms. The van der Waals surface area contributed by atoms with Gasteiger partial charge in [0.25, 0.3) is 0 Å². The number of rotatable bonds is 24. The summed E-state index contributed by atoms with van der Waals surface area (Å²) in [5, 5.41) is 8.77. The van der Waals surface area contributed by atoms with E-state index in [9.17, 15) is 8.42 Å². The highest BCUT2D eigenvalue weighted by Crippen LogP contribution is 2.19. The molecule has 0 aliphatic carbocycles. The van der Waals surface area contributed by atoms with Crippen LogP contribution in [0.4, 0.5) is 0 Å². The molecular weight excluding hydrogens is 412 g/mol. The van der Waals surface area contributed by atoms with E-state index in [1.54, 1.807) is 0 Å². The number of hydrogen-bond donors (Lipinski definition) is 2. The Hall–Kier alpha value is -0.170. The molecule has 0 aromatic carbocycles. The van der Waals surface area contributed by atoms with E-state index in [2.05, 4.69) is 13.8 Å². The van der Waals surface area contributed by atoms with Crippen LogP contribution < -0.4 is 0 Å². The SMILES string of the molecule is CCC(C)CCCCCCCCCCC(CCCCCCCCCCO)OS(=O)(=O)O. The molecular formula is C25H52O5S. The number of aliphatic hydroxyl groups is 1. The summed E-state index contributed by atoms with van der Waals surface area (Å²) in [5.41, 5.74) is 0. The van der Waals surface area contributed by atoms with Gasteiger partial charge in [-0.25, -0.2) is 4.18 Å². The van der Waals surface area contributed by atoms with Crippen LogP contribution >= 0.6 is 0 Å². The fourth-order valence-electron chi connectivity index (χ4n) is 4.09.